The minimum atomic E-state index is -0.165. The summed E-state index contributed by atoms with van der Waals surface area (Å²) in [7, 11) is 0. The zero-order valence-electron chi connectivity index (χ0n) is 9.95. The molecule has 5 heteroatoms. The van der Waals surface area contributed by atoms with Crippen molar-refractivity contribution < 1.29 is 9.59 Å². The number of hydrogen-bond acceptors (Lipinski definition) is 2. The first-order valence-electron chi connectivity index (χ1n) is 5.99. The van der Waals surface area contributed by atoms with Gasteiger partial charge in [0.1, 0.15) is 5.69 Å². The summed E-state index contributed by atoms with van der Waals surface area (Å²) in [5, 5.41) is 5.57. The third-order valence-electron chi connectivity index (χ3n) is 2.88. The van der Waals surface area contributed by atoms with Gasteiger partial charge in [-0.3, -0.25) is 9.59 Å². The summed E-state index contributed by atoms with van der Waals surface area (Å²) >= 11 is 0. The fourth-order valence-corrected chi connectivity index (χ4v) is 1.94. The Morgan fingerprint density at radius 3 is 3.18 bits per heavy atom. The molecular formula is C12H17N3O2. The third kappa shape index (κ3) is 2.33. The molecule has 0 saturated heterocycles. The van der Waals surface area contributed by atoms with Crippen molar-refractivity contribution in [2.24, 2.45) is 0 Å². The van der Waals surface area contributed by atoms with Crippen LogP contribution in [0.15, 0.2) is 12.3 Å². The van der Waals surface area contributed by atoms with Gasteiger partial charge in [-0.2, -0.15) is 0 Å². The van der Waals surface area contributed by atoms with Crippen LogP contribution in [0.1, 0.15) is 40.6 Å². The lowest BCUT2D eigenvalue weighted by molar-refractivity contribution is 0.0901. The van der Waals surface area contributed by atoms with Crippen LogP contribution >= 0.6 is 0 Å². The molecular weight excluding hydrogens is 218 g/mol. The number of nitrogens with zero attached hydrogens (tertiary/aromatic N) is 1. The molecule has 17 heavy (non-hydrogen) atoms. The van der Waals surface area contributed by atoms with Crippen LogP contribution in [0, 0.1) is 0 Å². The third-order valence-corrected chi connectivity index (χ3v) is 2.88. The van der Waals surface area contributed by atoms with Crippen molar-refractivity contribution >= 4 is 11.8 Å². The Labute approximate surface area is 100 Å². The monoisotopic (exact) mass is 235 g/mol. The molecule has 1 aromatic heterocycles. The average molecular weight is 235 g/mol. The van der Waals surface area contributed by atoms with Gasteiger partial charge in [-0.1, -0.05) is 13.3 Å². The molecule has 2 N–H and O–H groups in total. The van der Waals surface area contributed by atoms with Crippen molar-refractivity contribution in [1.82, 2.24) is 15.2 Å². The molecule has 2 amide bonds. The van der Waals surface area contributed by atoms with Crippen LogP contribution < -0.4 is 10.6 Å². The molecule has 0 radical (unpaired) electrons. The highest BCUT2D eigenvalue weighted by molar-refractivity contribution is 6.06. The van der Waals surface area contributed by atoms with Crippen LogP contribution in [0.4, 0.5) is 0 Å². The lowest BCUT2D eigenvalue weighted by Gasteiger charge is -2.16. The number of hydrogen-bond donors (Lipinski definition) is 2. The van der Waals surface area contributed by atoms with Gasteiger partial charge in [0.05, 0.1) is 5.56 Å². The topological polar surface area (TPSA) is 63.1 Å². The molecule has 1 aliphatic heterocycles. The minimum absolute atomic E-state index is 0.163. The number of carbonyl (C=O) groups excluding carboxylic acids is 2. The highest BCUT2D eigenvalue weighted by atomic mass is 16.2. The molecule has 0 aromatic carbocycles. The standard InChI is InChI=1S/C12H17N3O2/c1-2-3-5-13-11(16)9-4-7-15-8-6-14-12(17)10(9)15/h4,7H,2-3,5-6,8H2,1H3,(H,13,16)(H,14,17). The molecule has 0 fully saturated rings. The molecule has 1 aromatic rings. The normalized spacial score (nSPS) is 14.1. The average Bonchev–Trinajstić information content (AvgIpc) is 2.74. The van der Waals surface area contributed by atoms with Crippen molar-refractivity contribution in [2.75, 3.05) is 13.1 Å². The van der Waals surface area contributed by atoms with Crippen molar-refractivity contribution in [3.8, 4) is 0 Å². The number of carbonyl (C=O) groups is 2. The molecule has 0 atom stereocenters. The SMILES string of the molecule is CCCCNC(=O)c1ccn2c1C(=O)NCC2. The minimum Gasteiger partial charge on any atom is -0.352 e. The number of unbranched alkanes of at least 4 members (excludes halogenated alkanes) is 1. The van der Waals surface area contributed by atoms with E-state index >= 15 is 0 Å². The molecule has 5 nitrogen and oxygen atoms in total. The smallest absolute Gasteiger partial charge is 0.268 e. The second kappa shape index (κ2) is 5.03. The second-order valence-electron chi connectivity index (χ2n) is 4.14. The Hall–Kier alpha value is -1.78. The molecule has 1 aliphatic rings. The molecule has 0 unspecified atom stereocenters. The first-order valence-corrected chi connectivity index (χ1v) is 5.99. The van der Waals surface area contributed by atoms with E-state index in [-0.39, 0.29) is 11.8 Å². The van der Waals surface area contributed by atoms with Gasteiger partial charge in [0.2, 0.25) is 0 Å². The zero-order valence-corrected chi connectivity index (χ0v) is 9.95. The van der Waals surface area contributed by atoms with Gasteiger partial charge >= 0.3 is 0 Å². The maximum Gasteiger partial charge on any atom is 0.268 e. The molecule has 2 rings (SSSR count). The summed E-state index contributed by atoms with van der Waals surface area (Å²) in [6.45, 7) is 4.07. The molecule has 0 saturated carbocycles. The number of aromatic nitrogens is 1. The van der Waals surface area contributed by atoms with Crippen molar-refractivity contribution in [2.45, 2.75) is 26.3 Å². The fraction of sp³-hybridized carbons (Fsp3) is 0.500. The van der Waals surface area contributed by atoms with Gasteiger partial charge in [0.25, 0.3) is 11.8 Å². The van der Waals surface area contributed by atoms with Crippen LogP contribution in [0.5, 0.6) is 0 Å². The van der Waals surface area contributed by atoms with E-state index < -0.39 is 0 Å². The summed E-state index contributed by atoms with van der Waals surface area (Å²) in [5.41, 5.74) is 0.948. The second-order valence-corrected chi connectivity index (χ2v) is 4.14. The Morgan fingerprint density at radius 1 is 1.59 bits per heavy atom. The highest BCUT2D eigenvalue weighted by Crippen LogP contribution is 2.13. The van der Waals surface area contributed by atoms with Crippen molar-refractivity contribution in [3.63, 3.8) is 0 Å². The molecule has 92 valence electrons. The highest BCUT2D eigenvalue weighted by Gasteiger charge is 2.24. The lowest BCUT2D eigenvalue weighted by atomic mass is 10.2. The van der Waals surface area contributed by atoms with E-state index in [1.54, 1.807) is 12.3 Å². The van der Waals surface area contributed by atoms with Crippen LogP contribution in [0.25, 0.3) is 0 Å². The molecule has 2 heterocycles. The van der Waals surface area contributed by atoms with Crippen molar-refractivity contribution in [1.29, 1.82) is 0 Å². The van der Waals surface area contributed by atoms with Gasteiger partial charge in [0, 0.05) is 25.8 Å². The van der Waals surface area contributed by atoms with E-state index in [4.69, 9.17) is 0 Å². The predicted octanol–water partition coefficient (Wildman–Crippen LogP) is 0.761. The predicted molar refractivity (Wildman–Crippen MR) is 64.0 cm³/mol. The fourth-order valence-electron chi connectivity index (χ4n) is 1.94. The van der Waals surface area contributed by atoms with E-state index in [1.165, 1.54) is 0 Å². The number of fused-ring (bicyclic) bond motifs is 1. The van der Waals surface area contributed by atoms with Gasteiger partial charge < -0.3 is 15.2 Å². The van der Waals surface area contributed by atoms with Crippen LogP contribution in [-0.4, -0.2) is 29.5 Å². The summed E-state index contributed by atoms with van der Waals surface area (Å²) in [4.78, 5) is 23.6. The summed E-state index contributed by atoms with van der Waals surface area (Å²) in [6, 6.07) is 1.71. The molecule has 0 bridgehead atoms. The Morgan fingerprint density at radius 2 is 2.41 bits per heavy atom. The molecule has 0 aliphatic carbocycles. The first kappa shape index (κ1) is 11.7. The summed E-state index contributed by atoms with van der Waals surface area (Å²) < 4.78 is 1.83. The van der Waals surface area contributed by atoms with E-state index in [2.05, 4.69) is 17.6 Å². The zero-order chi connectivity index (χ0) is 12.3. The van der Waals surface area contributed by atoms with Crippen LogP contribution in [0.3, 0.4) is 0 Å². The summed E-state index contributed by atoms with van der Waals surface area (Å²) in [6.07, 6.45) is 3.78. The maximum atomic E-state index is 11.9. The van der Waals surface area contributed by atoms with Gasteiger partial charge in [-0.25, -0.2) is 0 Å². The van der Waals surface area contributed by atoms with E-state index in [0.29, 0.717) is 24.3 Å². The largest absolute Gasteiger partial charge is 0.352 e. The summed E-state index contributed by atoms with van der Waals surface area (Å²) in [5.74, 6) is -0.328. The van der Waals surface area contributed by atoms with Gasteiger partial charge in [-0.05, 0) is 12.5 Å². The lowest BCUT2D eigenvalue weighted by Crippen LogP contribution is -2.37. The molecule has 0 spiro atoms. The number of amides is 2. The van der Waals surface area contributed by atoms with Crippen LogP contribution in [-0.2, 0) is 6.54 Å². The first-order chi connectivity index (χ1) is 8.24. The maximum absolute atomic E-state index is 11.9. The Balaban J connectivity index is 2.13. The van der Waals surface area contributed by atoms with Gasteiger partial charge in [-0.15, -0.1) is 0 Å². The quantitative estimate of drug-likeness (QED) is 0.757. The van der Waals surface area contributed by atoms with Crippen LogP contribution in [0.2, 0.25) is 0 Å². The van der Waals surface area contributed by atoms with Gasteiger partial charge in [0.15, 0.2) is 0 Å². The Kier molecular flexibility index (Phi) is 3.46. The number of nitrogens with one attached hydrogen (secondary N) is 2. The van der Waals surface area contributed by atoms with E-state index in [0.717, 1.165) is 19.4 Å². The number of rotatable bonds is 4. The van der Waals surface area contributed by atoms with E-state index in [9.17, 15) is 9.59 Å². The Bertz CT molecular complexity index is 437. The van der Waals surface area contributed by atoms with Crippen molar-refractivity contribution in [3.05, 3.63) is 23.5 Å². The van der Waals surface area contributed by atoms with E-state index in [1.807, 2.05) is 4.57 Å².